The number of carbonyl (C=O) groups excluding carboxylic acids is 1. The lowest BCUT2D eigenvalue weighted by molar-refractivity contribution is 0.0438. The van der Waals surface area contributed by atoms with Crippen molar-refractivity contribution >= 4 is 6.09 Å². The number of hydrogen-bond donors (Lipinski definition) is 3. The summed E-state index contributed by atoms with van der Waals surface area (Å²) in [5, 5.41) is 15.9. The summed E-state index contributed by atoms with van der Waals surface area (Å²) in [5.74, 6) is 0.836. The summed E-state index contributed by atoms with van der Waals surface area (Å²) in [4.78, 5) is 11.8. The van der Waals surface area contributed by atoms with E-state index in [1.807, 2.05) is 20.8 Å². The SMILES string of the molecule is CC(C)(C)OC(=O)NC1NCC[C@@H]2CC(O)CC12. The molecule has 1 aliphatic heterocycles. The van der Waals surface area contributed by atoms with E-state index in [0.717, 1.165) is 25.8 Å². The molecule has 0 aromatic rings. The Hall–Kier alpha value is -0.810. The molecule has 0 aromatic heterocycles. The third-order valence-electron chi connectivity index (χ3n) is 3.70. The molecule has 1 aliphatic carbocycles. The Bertz CT molecular complexity index is 314. The zero-order valence-electron chi connectivity index (χ0n) is 11.4. The van der Waals surface area contributed by atoms with Gasteiger partial charge in [0.15, 0.2) is 0 Å². The van der Waals surface area contributed by atoms with E-state index in [2.05, 4.69) is 10.6 Å². The standard InChI is InChI=1S/C13H24N2O3/c1-13(2,3)18-12(17)15-11-10-7-9(16)6-8(10)4-5-14-11/h8-11,14,16H,4-7H2,1-3H3,(H,15,17)/t8-,9?,10?,11?/m1/s1. The quantitative estimate of drug-likeness (QED) is 0.659. The lowest BCUT2D eigenvalue weighted by Crippen LogP contribution is -2.55. The van der Waals surface area contributed by atoms with Crippen molar-refractivity contribution < 1.29 is 14.6 Å². The molecule has 4 atom stereocenters. The fourth-order valence-electron chi connectivity index (χ4n) is 3.04. The van der Waals surface area contributed by atoms with Crippen LogP contribution in [0.2, 0.25) is 0 Å². The Kier molecular flexibility index (Phi) is 3.82. The minimum absolute atomic E-state index is 0.0734. The molecule has 5 heteroatoms. The largest absolute Gasteiger partial charge is 0.444 e. The molecule has 2 fully saturated rings. The van der Waals surface area contributed by atoms with Crippen molar-refractivity contribution in [3.8, 4) is 0 Å². The molecule has 2 aliphatic rings. The predicted molar refractivity (Wildman–Crippen MR) is 68.0 cm³/mol. The molecule has 0 bridgehead atoms. The molecular formula is C13H24N2O3. The third kappa shape index (κ3) is 3.36. The second-order valence-corrected chi connectivity index (χ2v) is 6.42. The molecule has 0 spiro atoms. The number of alkyl carbamates (subject to hydrolysis) is 1. The van der Waals surface area contributed by atoms with Crippen molar-refractivity contribution in [2.45, 2.75) is 57.9 Å². The smallest absolute Gasteiger partial charge is 0.408 e. The molecule has 1 saturated heterocycles. The Morgan fingerprint density at radius 2 is 2.11 bits per heavy atom. The minimum atomic E-state index is -0.479. The van der Waals surface area contributed by atoms with Gasteiger partial charge in [0.1, 0.15) is 5.60 Å². The highest BCUT2D eigenvalue weighted by Crippen LogP contribution is 2.38. The van der Waals surface area contributed by atoms with Gasteiger partial charge < -0.3 is 15.2 Å². The van der Waals surface area contributed by atoms with Gasteiger partial charge in [-0.25, -0.2) is 4.79 Å². The molecule has 3 N–H and O–H groups in total. The highest BCUT2D eigenvalue weighted by Gasteiger charge is 2.41. The summed E-state index contributed by atoms with van der Waals surface area (Å²) in [7, 11) is 0. The van der Waals surface area contributed by atoms with E-state index in [1.54, 1.807) is 0 Å². The van der Waals surface area contributed by atoms with E-state index >= 15 is 0 Å². The van der Waals surface area contributed by atoms with Gasteiger partial charge in [0, 0.05) is 0 Å². The molecule has 1 heterocycles. The van der Waals surface area contributed by atoms with Gasteiger partial charge >= 0.3 is 6.09 Å². The molecule has 3 unspecified atom stereocenters. The number of aliphatic hydroxyl groups excluding tert-OH is 1. The second kappa shape index (κ2) is 5.05. The van der Waals surface area contributed by atoms with Gasteiger partial charge in [0.25, 0.3) is 0 Å². The number of carbonyl (C=O) groups is 1. The van der Waals surface area contributed by atoms with Crippen LogP contribution < -0.4 is 10.6 Å². The fraction of sp³-hybridized carbons (Fsp3) is 0.923. The first-order chi connectivity index (χ1) is 8.35. The Morgan fingerprint density at radius 1 is 1.39 bits per heavy atom. The number of hydrogen-bond acceptors (Lipinski definition) is 4. The van der Waals surface area contributed by atoms with Gasteiger partial charge in [0.2, 0.25) is 0 Å². The maximum absolute atomic E-state index is 11.8. The molecule has 5 nitrogen and oxygen atoms in total. The maximum atomic E-state index is 11.8. The van der Waals surface area contributed by atoms with Gasteiger partial charge in [0.05, 0.1) is 12.3 Å². The van der Waals surface area contributed by atoms with E-state index in [0.29, 0.717) is 11.8 Å². The van der Waals surface area contributed by atoms with Crippen LogP contribution in [0.25, 0.3) is 0 Å². The first kappa shape index (κ1) is 13.6. The van der Waals surface area contributed by atoms with Gasteiger partial charge in [-0.05, 0) is 58.4 Å². The minimum Gasteiger partial charge on any atom is -0.444 e. The van der Waals surface area contributed by atoms with Crippen molar-refractivity contribution in [2.24, 2.45) is 11.8 Å². The molecule has 1 amide bonds. The van der Waals surface area contributed by atoms with Crippen LogP contribution in [0.4, 0.5) is 4.79 Å². The summed E-state index contributed by atoms with van der Waals surface area (Å²) in [6.45, 7) is 6.43. The van der Waals surface area contributed by atoms with Crippen molar-refractivity contribution in [1.29, 1.82) is 0 Å². The first-order valence-electron chi connectivity index (χ1n) is 6.76. The van der Waals surface area contributed by atoms with Crippen LogP contribution in [0.1, 0.15) is 40.0 Å². The van der Waals surface area contributed by atoms with Crippen LogP contribution in [-0.2, 0) is 4.74 Å². The number of ether oxygens (including phenoxy) is 1. The summed E-state index contributed by atoms with van der Waals surface area (Å²) in [5.41, 5.74) is -0.479. The molecule has 104 valence electrons. The highest BCUT2D eigenvalue weighted by atomic mass is 16.6. The summed E-state index contributed by atoms with van der Waals surface area (Å²) in [6.07, 6.45) is 2.02. The van der Waals surface area contributed by atoms with E-state index in [9.17, 15) is 9.90 Å². The fourth-order valence-corrected chi connectivity index (χ4v) is 3.04. The van der Waals surface area contributed by atoms with Gasteiger partial charge in [-0.15, -0.1) is 0 Å². The zero-order chi connectivity index (χ0) is 13.3. The van der Waals surface area contributed by atoms with Crippen molar-refractivity contribution in [3.05, 3.63) is 0 Å². The zero-order valence-corrected chi connectivity index (χ0v) is 11.4. The van der Waals surface area contributed by atoms with Crippen LogP contribution in [0.3, 0.4) is 0 Å². The van der Waals surface area contributed by atoms with Crippen LogP contribution in [0, 0.1) is 11.8 Å². The Morgan fingerprint density at radius 3 is 2.78 bits per heavy atom. The highest BCUT2D eigenvalue weighted by molar-refractivity contribution is 5.68. The van der Waals surface area contributed by atoms with Gasteiger partial charge in [-0.2, -0.15) is 0 Å². The van der Waals surface area contributed by atoms with Gasteiger partial charge in [-0.1, -0.05) is 0 Å². The molecule has 0 radical (unpaired) electrons. The van der Waals surface area contributed by atoms with E-state index < -0.39 is 5.60 Å². The number of fused-ring (bicyclic) bond motifs is 1. The number of amides is 1. The van der Waals surface area contributed by atoms with E-state index in [1.165, 1.54) is 0 Å². The molecular weight excluding hydrogens is 232 g/mol. The molecule has 18 heavy (non-hydrogen) atoms. The lowest BCUT2D eigenvalue weighted by atomic mass is 9.87. The number of rotatable bonds is 1. The second-order valence-electron chi connectivity index (χ2n) is 6.42. The average molecular weight is 256 g/mol. The summed E-state index contributed by atoms with van der Waals surface area (Å²) in [6, 6.07) is 0. The molecule has 0 aromatic carbocycles. The first-order valence-corrected chi connectivity index (χ1v) is 6.76. The normalized spacial score (nSPS) is 36.0. The topological polar surface area (TPSA) is 70.6 Å². The van der Waals surface area contributed by atoms with Crippen LogP contribution in [-0.4, -0.2) is 35.6 Å². The maximum Gasteiger partial charge on any atom is 0.408 e. The van der Waals surface area contributed by atoms with Gasteiger partial charge in [-0.3, -0.25) is 5.32 Å². The predicted octanol–water partition coefficient (Wildman–Crippen LogP) is 1.22. The molecule has 1 saturated carbocycles. The monoisotopic (exact) mass is 256 g/mol. The van der Waals surface area contributed by atoms with Crippen molar-refractivity contribution in [1.82, 2.24) is 10.6 Å². The van der Waals surface area contributed by atoms with Crippen LogP contribution in [0.15, 0.2) is 0 Å². The number of piperidine rings is 1. The third-order valence-corrected chi connectivity index (χ3v) is 3.70. The molecule has 2 rings (SSSR count). The van der Waals surface area contributed by atoms with E-state index in [4.69, 9.17) is 4.74 Å². The summed E-state index contributed by atoms with van der Waals surface area (Å²) < 4.78 is 5.26. The number of aliphatic hydroxyl groups is 1. The van der Waals surface area contributed by atoms with E-state index in [-0.39, 0.29) is 18.4 Å². The average Bonchev–Trinajstić information content (AvgIpc) is 2.56. The number of nitrogens with one attached hydrogen (secondary N) is 2. The lowest BCUT2D eigenvalue weighted by Gasteiger charge is -2.35. The van der Waals surface area contributed by atoms with Crippen LogP contribution in [0.5, 0.6) is 0 Å². The van der Waals surface area contributed by atoms with Crippen LogP contribution >= 0.6 is 0 Å². The Balaban J connectivity index is 1.90. The Labute approximate surface area is 108 Å². The van der Waals surface area contributed by atoms with Crippen molar-refractivity contribution in [2.75, 3.05) is 6.54 Å². The summed E-state index contributed by atoms with van der Waals surface area (Å²) >= 11 is 0. The van der Waals surface area contributed by atoms with Crippen molar-refractivity contribution in [3.63, 3.8) is 0 Å².